The molecule has 2 aromatic rings. The zero-order valence-corrected chi connectivity index (χ0v) is 24.3. The fraction of sp³-hybridized carbons (Fsp3) is 0.533. The Kier molecular flexibility index (Phi) is 10.4. The molecular weight excluding hydrogens is 498 g/mol. The third-order valence-electron chi connectivity index (χ3n) is 7.51. The van der Waals surface area contributed by atoms with Crippen molar-refractivity contribution in [3.8, 4) is 0 Å². The van der Waals surface area contributed by atoms with Crippen LogP contribution in [0.1, 0.15) is 74.1 Å². The van der Waals surface area contributed by atoms with Crippen LogP contribution in [0.4, 0.5) is 5.69 Å². The molecule has 0 unspecified atom stereocenters. The molecular formula is C30H43N3O4S. The molecule has 1 atom stereocenters. The molecule has 1 aliphatic carbocycles. The summed E-state index contributed by atoms with van der Waals surface area (Å²) in [4.78, 5) is 28.4. The van der Waals surface area contributed by atoms with Crippen LogP contribution in [0.3, 0.4) is 0 Å². The molecule has 1 fully saturated rings. The second kappa shape index (κ2) is 13.3. The van der Waals surface area contributed by atoms with E-state index in [1.54, 1.807) is 11.8 Å². The van der Waals surface area contributed by atoms with Gasteiger partial charge < -0.3 is 10.2 Å². The van der Waals surface area contributed by atoms with Crippen LogP contribution in [-0.2, 0) is 26.2 Å². The van der Waals surface area contributed by atoms with Gasteiger partial charge in [0.05, 0.1) is 11.9 Å². The maximum absolute atomic E-state index is 13.6. The Morgan fingerprint density at radius 2 is 1.68 bits per heavy atom. The molecule has 0 spiro atoms. The molecule has 2 amide bonds. The van der Waals surface area contributed by atoms with E-state index >= 15 is 0 Å². The molecule has 1 aliphatic rings. The van der Waals surface area contributed by atoms with E-state index in [1.807, 2.05) is 63.2 Å². The van der Waals surface area contributed by atoms with Gasteiger partial charge in [0.25, 0.3) is 0 Å². The molecule has 0 radical (unpaired) electrons. The zero-order chi connectivity index (χ0) is 27.9. The van der Waals surface area contributed by atoms with Gasteiger partial charge in [-0.05, 0) is 75.3 Å². The third kappa shape index (κ3) is 8.06. The van der Waals surface area contributed by atoms with Crippen molar-refractivity contribution in [1.29, 1.82) is 0 Å². The van der Waals surface area contributed by atoms with Gasteiger partial charge in [-0.3, -0.25) is 13.9 Å². The molecule has 208 valence electrons. The molecule has 0 heterocycles. The molecule has 0 aliphatic heterocycles. The maximum atomic E-state index is 13.6. The van der Waals surface area contributed by atoms with Crippen molar-refractivity contribution in [2.45, 2.75) is 91.3 Å². The van der Waals surface area contributed by atoms with Gasteiger partial charge in [0.1, 0.15) is 6.04 Å². The molecule has 3 rings (SSSR count). The van der Waals surface area contributed by atoms with Crippen molar-refractivity contribution in [3.63, 3.8) is 0 Å². The number of hydrogen-bond acceptors (Lipinski definition) is 4. The number of amides is 2. The summed E-state index contributed by atoms with van der Waals surface area (Å²) in [7, 11) is -3.53. The molecule has 8 heteroatoms. The number of carbonyl (C=O) groups excluding carboxylic acids is 2. The van der Waals surface area contributed by atoms with Gasteiger partial charge >= 0.3 is 0 Å². The van der Waals surface area contributed by atoms with Gasteiger partial charge in [0.15, 0.2) is 0 Å². The lowest BCUT2D eigenvalue weighted by Crippen LogP contribution is -2.50. The maximum Gasteiger partial charge on any atom is 0.242 e. The Labute approximate surface area is 228 Å². The van der Waals surface area contributed by atoms with E-state index in [4.69, 9.17) is 0 Å². The van der Waals surface area contributed by atoms with Crippen molar-refractivity contribution in [2.75, 3.05) is 17.1 Å². The zero-order valence-electron chi connectivity index (χ0n) is 23.5. The third-order valence-corrected chi connectivity index (χ3v) is 8.69. The highest BCUT2D eigenvalue weighted by molar-refractivity contribution is 7.92. The number of nitrogens with one attached hydrogen (secondary N) is 1. The lowest BCUT2D eigenvalue weighted by Gasteiger charge is -2.32. The van der Waals surface area contributed by atoms with Crippen LogP contribution in [0.2, 0.25) is 0 Å². The molecule has 1 saturated carbocycles. The first-order valence-corrected chi connectivity index (χ1v) is 15.5. The number of benzene rings is 2. The summed E-state index contributed by atoms with van der Waals surface area (Å²) in [5.74, 6) is -0.291. The van der Waals surface area contributed by atoms with Crippen molar-refractivity contribution in [1.82, 2.24) is 10.2 Å². The van der Waals surface area contributed by atoms with Crippen LogP contribution < -0.4 is 9.62 Å². The number of rotatable bonds is 11. The topological polar surface area (TPSA) is 86.8 Å². The van der Waals surface area contributed by atoms with E-state index < -0.39 is 16.1 Å². The quantitative estimate of drug-likeness (QED) is 0.433. The number of hydrogen-bond donors (Lipinski definition) is 1. The number of sulfonamides is 1. The van der Waals surface area contributed by atoms with Crippen molar-refractivity contribution in [2.24, 2.45) is 0 Å². The van der Waals surface area contributed by atoms with Crippen LogP contribution in [0, 0.1) is 20.8 Å². The lowest BCUT2D eigenvalue weighted by molar-refractivity contribution is -0.141. The van der Waals surface area contributed by atoms with Crippen molar-refractivity contribution < 1.29 is 18.0 Å². The summed E-state index contributed by atoms with van der Waals surface area (Å²) < 4.78 is 26.7. The van der Waals surface area contributed by atoms with Crippen LogP contribution in [0.25, 0.3) is 0 Å². The largest absolute Gasteiger partial charge is 0.352 e. The monoisotopic (exact) mass is 541 g/mol. The normalized spacial score (nSPS) is 15.1. The second-order valence-corrected chi connectivity index (χ2v) is 12.6. The van der Waals surface area contributed by atoms with Crippen LogP contribution in [-0.4, -0.2) is 50.0 Å². The molecule has 0 saturated heterocycles. The standard InChI is InChI=1S/C30H43N3O4S/c1-22-17-18-24(3)28(20-22)33(38(5,36)37)19-11-16-29(34)32(21-26-13-10-9-12-23(26)2)25(4)30(35)31-27-14-7-6-8-15-27/h9-10,12-13,17-18,20,25,27H,6-8,11,14-16,19,21H2,1-5H3,(H,31,35)/t25-/m0/s1. The van der Waals surface area contributed by atoms with Crippen LogP contribution in [0.15, 0.2) is 42.5 Å². The summed E-state index contributed by atoms with van der Waals surface area (Å²) >= 11 is 0. The summed E-state index contributed by atoms with van der Waals surface area (Å²) in [5.41, 5.74) is 4.52. The van der Waals surface area contributed by atoms with Crippen LogP contribution in [0.5, 0.6) is 0 Å². The molecule has 0 bridgehead atoms. The van der Waals surface area contributed by atoms with E-state index in [1.165, 1.54) is 17.0 Å². The smallest absolute Gasteiger partial charge is 0.242 e. The summed E-state index contributed by atoms with van der Waals surface area (Å²) in [6, 6.07) is 13.1. The molecule has 7 nitrogen and oxygen atoms in total. The lowest BCUT2D eigenvalue weighted by atomic mass is 9.95. The average molecular weight is 542 g/mol. The Morgan fingerprint density at radius 3 is 2.34 bits per heavy atom. The van der Waals surface area contributed by atoms with E-state index in [9.17, 15) is 18.0 Å². The molecule has 38 heavy (non-hydrogen) atoms. The minimum atomic E-state index is -3.53. The van der Waals surface area contributed by atoms with Gasteiger partial charge in [-0.2, -0.15) is 0 Å². The predicted octanol–water partition coefficient (Wildman–Crippen LogP) is 5.02. The Morgan fingerprint density at radius 1 is 1.00 bits per heavy atom. The summed E-state index contributed by atoms with van der Waals surface area (Å²) in [6.45, 7) is 8.12. The fourth-order valence-electron chi connectivity index (χ4n) is 5.09. The van der Waals surface area contributed by atoms with E-state index in [-0.39, 0.29) is 30.8 Å². The molecule has 0 aromatic heterocycles. The molecule has 1 N–H and O–H groups in total. The summed E-state index contributed by atoms with van der Waals surface area (Å²) in [6.07, 6.45) is 7.06. The Balaban J connectivity index is 1.75. The summed E-state index contributed by atoms with van der Waals surface area (Å²) in [5, 5.41) is 3.16. The highest BCUT2D eigenvalue weighted by Gasteiger charge is 2.29. The Bertz CT molecular complexity index is 1220. The second-order valence-electron chi connectivity index (χ2n) is 10.7. The fourth-order valence-corrected chi connectivity index (χ4v) is 6.11. The van der Waals surface area contributed by atoms with E-state index in [2.05, 4.69) is 5.32 Å². The first kappa shape index (κ1) is 29.7. The van der Waals surface area contributed by atoms with E-state index in [0.29, 0.717) is 18.7 Å². The van der Waals surface area contributed by atoms with Gasteiger partial charge in [0.2, 0.25) is 21.8 Å². The minimum Gasteiger partial charge on any atom is -0.352 e. The highest BCUT2D eigenvalue weighted by Crippen LogP contribution is 2.25. The van der Waals surface area contributed by atoms with Gasteiger partial charge in [0, 0.05) is 25.6 Å². The SMILES string of the molecule is Cc1ccc(C)c(N(CCCC(=O)N(Cc2ccccc2C)[C@@H](C)C(=O)NC2CCCCC2)S(C)(=O)=O)c1. The first-order chi connectivity index (χ1) is 18.0. The van der Waals surface area contributed by atoms with Crippen molar-refractivity contribution >= 4 is 27.5 Å². The van der Waals surface area contributed by atoms with Gasteiger partial charge in [-0.15, -0.1) is 0 Å². The van der Waals surface area contributed by atoms with E-state index in [0.717, 1.165) is 47.9 Å². The van der Waals surface area contributed by atoms with Crippen molar-refractivity contribution in [3.05, 3.63) is 64.7 Å². The minimum absolute atomic E-state index is 0.132. The molecule has 2 aromatic carbocycles. The number of carbonyl (C=O) groups is 2. The van der Waals surface area contributed by atoms with Gasteiger partial charge in [-0.25, -0.2) is 8.42 Å². The number of aryl methyl sites for hydroxylation is 3. The number of anilines is 1. The van der Waals surface area contributed by atoms with Gasteiger partial charge in [-0.1, -0.05) is 55.7 Å². The average Bonchev–Trinajstić information content (AvgIpc) is 2.87. The highest BCUT2D eigenvalue weighted by atomic mass is 32.2. The Hall–Kier alpha value is -2.87. The first-order valence-electron chi connectivity index (χ1n) is 13.7. The van der Waals surface area contributed by atoms with Crippen LogP contribution >= 0.6 is 0 Å². The number of nitrogens with zero attached hydrogens (tertiary/aromatic N) is 2. The predicted molar refractivity (Wildman–Crippen MR) is 154 cm³/mol.